The Balaban J connectivity index is 1.97. The molecule has 0 spiro atoms. The fraction of sp³-hybridized carbons (Fsp3) is 0.700. The molecule has 2 aliphatic rings. The van der Waals surface area contributed by atoms with Crippen LogP contribution in [-0.2, 0) is 0 Å². The van der Waals surface area contributed by atoms with Gasteiger partial charge in [-0.3, -0.25) is 4.79 Å². The van der Waals surface area contributed by atoms with E-state index in [1.807, 2.05) is 4.68 Å². The van der Waals surface area contributed by atoms with Gasteiger partial charge >= 0.3 is 0 Å². The average Bonchev–Trinajstić information content (AvgIpc) is 2.86. The van der Waals surface area contributed by atoms with E-state index < -0.39 is 0 Å². The van der Waals surface area contributed by atoms with E-state index in [2.05, 4.69) is 10.3 Å². The number of carbonyl (C=O) groups excluding carboxylic acids is 1. The molecule has 2 saturated carbocycles. The van der Waals surface area contributed by atoms with Crippen LogP contribution in [0.5, 0.6) is 0 Å². The summed E-state index contributed by atoms with van der Waals surface area (Å²) in [5, 5.41) is 8.24. The Morgan fingerprint density at radius 3 is 2.57 bits per heavy atom. The first-order chi connectivity index (χ1) is 6.90. The molecule has 2 fully saturated rings. The third kappa shape index (κ3) is 1.10. The number of hydrogen-bond acceptors (Lipinski definition) is 3. The number of aldehydes is 1. The van der Waals surface area contributed by atoms with Crippen LogP contribution >= 0.6 is 0 Å². The summed E-state index contributed by atoms with van der Waals surface area (Å²) >= 11 is 0. The molecule has 0 aliphatic heterocycles. The molecule has 0 N–H and O–H groups in total. The van der Waals surface area contributed by atoms with Crippen molar-refractivity contribution in [2.75, 3.05) is 0 Å². The topological polar surface area (TPSA) is 47.8 Å². The van der Waals surface area contributed by atoms with Crippen molar-refractivity contribution in [3.63, 3.8) is 0 Å². The smallest absolute Gasteiger partial charge is 0.170 e. The Bertz CT molecular complexity index is 363. The van der Waals surface area contributed by atoms with Crippen LogP contribution in [0, 0.1) is 0 Å². The molecule has 14 heavy (non-hydrogen) atoms. The van der Waals surface area contributed by atoms with E-state index in [4.69, 9.17) is 0 Å². The van der Waals surface area contributed by atoms with Crippen molar-refractivity contribution >= 4 is 6.29 Å². The van der Waals surface area contributed by atoms with Crippen molar-refractivity contribution in [3.8, 4) is 0 Å². The van der Waals surface area contributed by atoms with Crippen molar-refractivity contribution in [1.29, 1.82) is 0 Å². The molecular weight excluding hydrogens is 178 g/mol. The summed E-state index contributed by atoms with van der Waals surface area (Å²) in [4.78, 5) is 11.0. The summed E-state index contributed by atoms with van der Waals surface area (Å²) in [5.41, 5.74) is 1.68. The molecule has 4 heteroatoms. The van der Waals surface area contributed by atoms with E-state index in [9.17, 15) is 4.79 Å². The zero-order valence-corrected chi connectivity index (χ0v) is 8.02. The van der Waals surface area contributed by atoms with E-state index in [0.29, 0.717) is 12.0 Å². The lowest BCUT2D eigenvalue weighted by Crippen LogP contribution is -2.12. The minimum Gasteiger partial charge on any atom is -0.296 e. The van der Waals surface area contributed by atoms with Gasteiger partial charge in [0.25, 0.3) is 0 Å². The minimum absolute atomic E-state index is 0.455. The van der Waals surface area contributed by atoms with Gasteiger partial charge < -0.3 is 0 Å². The van der Waals surface area contributed by atoms with Gasteiger partial charge in [-0.05, 0) is 25.7 Å². The first-order valence-corrected chi connectivity index (χ1v) is 5.30. The summed E-state index contributed by atoms with van der Waals surface area (Å²) in [6.07, 6.45) is 6.82. The molecule has 0 saturated heterocycles. The number of aromatic nitrogens is 3. The van der Waals surface area contributed by atoms with Gasteiger partial charge in [-0.25, -0.2) is 4.68 Å². The third-order valence-electron chi connectivity index (χ3n) is 3.25. The van der Waals surface area contributed by atoms with Crippen LogP contribution in [0.2, 0.25) is 0 Å². The number of nitrogens with zero attached hydrogens (tertiary/aromatic N) is 3. The monoisotopic (exact) mass is 191 g/mol. The van der Waals surface area contributed by atoms with Gasteiger partial charge in [-0.2, -0.15) is 0 Å². The van der Waals surface area contributed by atoms with Crippen LogP contribution < -0.4 is 0 Å². The van der Waals surface area contributed by atoms with Crippen LogP contribution in [0.3, 0.4) is 0 Å². The molecule has 0 amide bonds. The molecule has 2 aliphatic carbocycles. The maximum atomic E-state index is 11.0. The van der Waals surface area contributed by atoms with Crippen LogP contribution in [0.1, 0.15) is 60.2 Å². The van der Waals surface area contributed by atoms with E-state index in [1.165, 1.54) is 19.3 Å². The predicted molar refractivity (Wildman–Crippen MR) is 50.3 cm³/mol. The lowest BCUT2D eigenvalue weighted by molar-refractivity contribution is 0.111. The quantitative estimate of drug-likeness (QED) is 0.683. The molecule has 0 atom stereocenters. The third-order valence-corrected chi connectivity index (χ3v) is 3.25. The molecule has 0 bridgehead atoms. The highest BCUT2D eigenvalue weighted by molar-refractivity contribution is 5.74. The van der Waals surface area contributed by atoms with Gasteiger partial charge in [-0.1, -0.05) is 11.6 Å². The van der Waals surface area contributed by atoms with Gasteiger partial charge in [0.2, 0.25) is 0 Å². The Morgan fingerprint density at radius 2 is 2.07 bits per heavy atom. The second-order valence-electron chi connectivity index (χ2n) is 4.28. The van der Waals surface area contributed by atoms with E-state index in [1.54, 1.807) is 0 Å². The van der Waals surface area contributed by atoms with Gasteiger partial charge in [0.1, 0.15) is 5.69 Å². The second-order valence-corrected chi connectivity index (χ2v) is 4.28. The Hall–Kier alpha value is -1.19. The standard InChI is InChI=1S/C10H13N3O/c14-6-9-10(7-2-1-3-7)11-12-13(9)8-4-5-8/h6-8H,1-5H2. The zero-order valence-electron chi connectivity index (χ0n) is 8.02. The SMILES string of the molecule is O=Cc1c(C2CCC2)nnn1C1CC1. The van der Waals surface area contributed by atoms with Crippen LogP contribution in [0.4, 0.5) is 0 Å². The maximum absolute atomic E-state index is 11.0. The van der Waals surface area contributed by atoms with Crippen LogP contribution in [0.25, 0.3) is 0 Å². The van der Waals surface area contributed by atoms with E-state index in [-0.39, 0.29) is 0 Å². The van der Waals surface area contributed by atoms with Crippen molar-refractivity contribution in [1.82, 2.24) is 15.0 Å². The van der Waals surface area contributed by atoms with E-state index in [0.717, 1.165) is 30.5 Å². The Morgan fingerprint density at radius 1 is 1.29 bits per heavy atom. The molecule has 0 radical (unpaired) electrons. The Labute approximate surface area is 82.3 Å². The molecule has 0 unspecified atom stereocenters. The molecule has 1 aromatic rings. The summed E-state index contributed by atoms with van der Waals surface area (Å²) in [7, 11) is 0. The largest absolute Gasteiger partial charge is 0.296 e. The van der Waals surface area contributed by atoms with E-state index >= 15 is 0 Å². The minimum atomic E-state index is 0.455. The summed E-state index contributed by atoms with van der Waals surface area (Å²) < 4.78 is 1.82. The molecular formula is C10H13N3O. The van der Waals surface area contributed by atoms with Crippen molar-refractivity contribution in [3.05, 3.63) is 11.4 Å². The summed E-state index contributed by atoms with van der Waals surface area (Å²) in [6.45, 7) is 0. The van der Waals surface area contributed by atoms with Crippen molar-refractivity contribution in [2.45, 2.75) is 44.1 Å². The van der Waals surface area contributed by atoms with Crippen LogP contribution in [0.15, 0.2) is 0 Å². The Kier molecular flexibility index (Phi) is 1.69. The van der Waals surface area contributed by atoms with Gasteiger partial charge in [0.15, 0.2) is 6.29 Å². The number of carbonyl (C=O) groups is 1. The highest BCUT2D eigenvalue weighted by Gasteiger charge is 2.32. The fourth-order valence-electron chi connectivity index (χ4n) is 1.99. The molecule has 1 heterocycles. The molecule has 74 valence electrons. The average molecular weight is 191 g/mol. The van der Waals surface area contributed by atoms with Gasteiger partial charge in [0, 0.05) is 5.92 Å². The lowest BCUT2D eigenvalue weighted by Gasteiger charge is -2.23. The fourth-order valence-corrected chi connectivity index (χ4v) is 1.99. The highest BCUT2D eigenvalue weighted by Crippen LogP contribution is 2.40. The summed E-state index contributed by atoms with van der Waals surface area (Å²) in [6, 6.07) is 0.455. The van der Waals surface area contributed by atoms with Gasteiger partial charge in [0.05, 0.1) is 11.7 Å². The zero-order chi connectivity index (χ0) is 9.54. The number of rotatable bonds is 3. The molecule has 0 aromatic carbocycles. The molecule has 3 rings (SSSR count). The second kappa shape index (κ2) is 2.90. The molecule has 1 aromatic heterocycles. The van der Waals surface area contributed by atoms with Crippen molar-refractivity contribution < 1.29 is 4.79 Å². The first kappa shape index (κ1) is 8.15. The summed E-state index contributed by atoms with van der Waals surface area (Å²) in [5.74, 6) is 0.502. The number of hydrogen-bond donors (Lipinski definition) is 0. The van der Waals surface area contributed by atoms with Crippen molar-refractivity contribution in [2.24, 2.45) is 0 Å². The maximum Gasteiger partial charge on any atom is 0.170 e. The van der Waals surface area contributed by atoms with Gasteiger partial charge in [-0.15, -0.1) is 5.10 Å². The highest BCUT2D eigenvalue weighted by atomic mass is 16.1. The first-order valence-electron chi connectivity index (χ1n) is 5.30. The molecule has 4 nitrogen and oxygen atoms in total. The normalized spacial score (nSPS) is 22.0. The lowest BCUT2D eigenvalue weighted by atomic mass is 9.82. The van der Waals surface area contributed by atoms with Crippen LogP contribution in [-0.4, -0.2) is 21.3 Å². The predicted octanol–water partition coefficient (Wildman–Crippen LogP) is 1.69.